The third kappa shape index (κ3) is 13.1. The van der Waals surface area contributed by atoms with Crippen LogP contribution in [0.5, 0.6) is 5.75 Å². The highest BCUT2D eigenvalue weighted by Crippen LogP contribution is 2.13. The van der Waals surface area contributed by atoms with E-state index in [0.717, 1.165) is 24.1 Å². The molecular formula is C23H31NO8. The minimum absolute atomic E-state index is 0.0347. The van der Waals surface area contributed by atoms with E-state index in [-0.39, 0.29) is 19.8 Å². The molecule has 0 aliphatic rings. The number of esters is 2. The molecule has 0 fully saturated rings. The second-order valence-electron chi connectivity index (χ2n) is 6.69. The molecule has 1 rings (SSSR count). The number of benzene rings is 1. The minimum atomic E-state index is -0.974. The summed E-state index contributed by atoms with van der Waals surface area (Å²) in [7, 11) is 0. The van der Waals surface area contributed by atoms with Gasteiger partial charge in [-0.3, -0.25) is 0 Å². The van der Waals surface area contributed by atoms with E-state index in [1.807, 2.05) is 12.1 Å². The topological polar surface area (TPSA) is 120 Å². The molecule has 1 amide bonds. The molecule has 1 aromatic rings. The number of rotatable bonds is 16. The third-order valence-corrected chi connectivity index (χ3v) is 4.08. The van der Waals surface area contributed by atoms with Crippen LogP contribution in [0, 0.1) is 0 Å². The normalized spacial score (nSPS) is 11.0. The number of aliphatic hydroxyl groups is 1. The Kier molecular flexibility index (Phi) is 13.7. The van der Waals surface area contributed by atoms with Crippen LogP contribution < -0.4 is 10.1 Å². The van der Waals surface area contributed by atoms with Crippen molar-refractivity contribution in [3.8, 4) is 5.75 Å². The Hall–Kier alpha value is -3.33. The maximum atomic E-state index is 11.6. The Balaban J connectivity index is 2.09. The second-order valence-corrected chi connectivity index (χ2v) is 6.69. The van der Waals surface area contributed by atoms with Crippen molar-refractivity contribution in [2.45, 2.75) is 31.8 Å². The lowest BCUT2D eigenvalue weighted by atomic mass is 10.1. The van der Waals surface area contributed by atoms with Gasteiger partial charge in [-0.25, -0.2) is 14.4 Å². The molecule has 32 heavy (non-hydrogen) atoms. The lowest BCUT2D eigenvalue weighted by molar-refractivity contribution is -0.138. The highest BCUT2D eigenvalue weighted by Gasteiger charge is 2.10. The largest absolute Gasteiger partial charge is 0.491 e. The number of aliphatic hydroxyl groups excluding tert-OH is 1. The lowest BCUT2D eigenvalue weighted by Crippen LogP contribution is -2.31. The molecule has 9 heteroatoms. The van der Waals surface area contributed by atoms with Crippen LogP contribution in [0.2, 0.25) is 0 Å². The smallest absolute Gasteiger partial charge is 0.407 e. The van der Waals surface area contributed by atoms with Gasteiger partial charge in [-0.1, -0.05) is 25.3 Å². The summed E-state index contributed by atoms with van der Waals surface area (Å²) in [4.78, 5) is 33.5. The quantitative estimate of drug-likeness (QED) is 0.171. The Morgan fingerprint density at radius 3 is 2.22 bits per heavy atom. The zero-order chi connectivity index (χ0) is 23.6. The van der Waals surface area contributed by atoms with E-state index >= 15 is 0 Å². The number of nitrogens with one attached hydrogen (secondary N) is 1. The van der Waals surface area contributed by atoms with E-state index in [9.17, 15) is 19.5 Å². The fourth-order valence-corrected chi connectivity index (χ4v) is 2.37. The van der Waals surface area contributed by atoms with E-state index in [4.69, 9.17) is 18.9 Å². The predicted molar refractivity (Wildman–Crippen MR) is 117 cm³/mol. The van der Waals surface area contributed by atoms with Crippen LogP contribution in [0.4, 0.5) is 4.79 Å². The molecule has 176 valence electrons. The first-order valence-electron chi connectivity index (χ1n) is 10.3. The Morgan fingerprint density at radius 2 is 1.56 bits per heavy atom. The van der Waals surface area contributed by atoms with Crippen molar-refractivity contribution in [3.63, 3.8) is 0 Å². The third-order valence-electron chi connectivity index (χ3n) is 4.08. The molecule has 0 aromatic heterocycles. The zero-order valence-electron chi connectivity index (χ0n) is 18.1. The zero-order valence-corrected chi connectivity index (χ0v) is 18.1. The molecule has 0 heterocycles. The molecule has 0 spiro atoms. The van der Waals surface area contributed by atoms with Crippen molar-refractivity contribution < 1.29 is 38.4 Å². The van der Waals surface area contributed by atoms with Gasteiger partial charge in [0.25, 0.3) is 0 Å². The van der Waals surface area contributed by atoms with Crippen LogP contribution in [-0.4, -0.2) is 62.2 Å². The summed E-state index contributed by atoms with van der Waals surface area (Å²) in [5.74, 6) is -0.354. The molecule has 1 atom stereocenters. The highest BCUT2D eigenvalue weighted by atomic mass is 16.6. The first kappa shape index (κ1) is 26.7. The fourth-order valence-electron chi connectivity index (χ4n) is 2.37. The van der Waals surface area contributed by atoms with Crippen LogP contribution in [0.15, 0.2) is 49.6 Å². The molecule has 2 N–H and O–H groups in total. The summed E-state index contributed by atoms with van der Waals surface area (Å²) in [6, 6.07) is 7.14. The van der Waals surface area contributed by atoms with Crippen molar-refractivity contribution in [2.75, 3.05) is 33.0 Å². The van der Waals surface area contributed by atoms with Crippen LogP contribution in [0.1, 0.15) is 24.8 Å². The standard InChI is InChI=1S/C23H31NO8/c1-3-21(26)29-14-7-5-6-13-24-23(28)32-17-19(25)16-31-20-10-8-18(9-11-20)12-15-30-22(27)4-2/h3-4,8-11,19,25H,1-2,5-7,12-17H2,(H,24,28). The number of carbonyl (C=O) groups is 3. The average molecular weight is 450 g/mol. The van der Waals surface area contributed by atoms with Crippen molar-refractivity contribution in [1.82, 2.24) is 5.32 Å². The average Bonchev–Trinajstić information content (AvgIpc) is 2.81. The van der Waals surface area contributed by atoms with E-state index in [1.54, 1.807) is 12.1 Å². The Labute approximate surface area is 188 Å². The lowest BCUT2D eigenvalue weighted by Gasteiger charge is -2.13. The molecule has 1 unspecified atom stereocenters. The van der Waals surface area contributed by atoms with E-state index in [1.165, 1.54) is 0 Å². The van der Waals surface area contributed by atoms with Gasteiger partial charge in [-0.05, 0) is 37.0 Å². The predicted octanol–water partition coefficient (Wildman–Crippen LogP) is 2.32. The number of hydrogen-bond donors (Lipinski definition) is 2. The summed E-state index contributed by atoms with van der Waals surface area (Å²) in [5, 5.41) is 12.5. The summed E-state index contributed by atoms with van der Waals surface area (Å²) in [6.07, 6.45) is 3.37. The van der Waals surface area contributed by atoms with Gasteiger partial charge in [-0.15, -0.1) is 0 Å². The number of amides is 1. The summed E-state index contributed by atoms with van der Waals surface area (Å²) in [5.41, 5.74) is 0.965. The van der Waals surface area contributed by atoms with E-state index < -0.39 is 24.1 Å². The Morgan fingerprint density at radius 1 is 0.906 bits per heavy atom. The van der Waals surface area contributed by atoms with Gasteiger partial charge in [0.15, 0.2) is 0 Å². The summed E-state index contributed by atoms with van der Waals surface area (Å²) in [6.45, 7) is 7.39. The first-order chi connectivity index (χ1) is 15.4. The molecule has 1 aromatic carbocycles. The first-order valence-corrected chi connectivity index (χ1v) is 10.3. The Bertz CT molecular complexity index is 732. The highest BCUT2D eigenvalue weighted by molar-refractivity contribution is 5.81. The maximum absolute atomic E-state index is 11.6. The van der Waals surface area contributed by atoms with E-state index in [2.05, 4.69) is 18.5 Å². The molecule has 0 aliphatic heterocycles. The van der Waals surface area contributed by atoms with Gasteiger partial charge in [0, 0.05) is 25.1 Å². The number of unbranched alkanes of at least 4 members (excludes halogenated alkanes) is 2. The molecular weight excluding hydrogens is 418 g/mol. The fraction of sp³-hybridized carbons (Fsp3) is 0.435. The molecule has 9 nitrogen and oxygen atoms in total. The molecule has 0 radical (unpaired) electrons. The van der Waals surface area contributed by atoms with Crippen LogP contribution in [0.25, 0.3) is 0 Å². The maximum Gasteiger partial charge on any atom is 0.407 e. The van der Waals surface area contributed by atoms with Crippen molar-refractivity contribution >= 4 is 18.0 Å². The van der Waals surface area contributed by atoms with Gasteiger partial charge in [-0.2, -0.15) is 0 Å². The van der Waals surface area contributed by atoms with Crippen LogP contribution in [-0.2, 0) is 30.2 Å². The molecule has 0 saturated heterocycles. The van der Waals surface area contributed by atoms with E-state index in [0.29, 0.717) is 38.2 Å². The van der Waals surface area contributed by atoms with Crippen molar-refractivity contribution in [1.29, 1.82) is 0 Å². The summed E-state index contributed by atoms with van der Waals surface area (Å²) >= 11 is 0. The van der Waals surface area contributed by atoms with Gasteiger partial charge < -0.3 is 29.4 Å². The minimum Gasteiger partial charge on any atom is -0.491 e. The van der Waals surface area contributed by atoms with Crippen LogP contribution in [0.3, 0.4) is 0 Å². The SMILES string of the molecule is C=CC(=O)OCCCCCNC(=O)OCC(O)COc1ccc(CCOC(=O)C=C)cc1. The molecule has 0 bridgehead atoms. The number of carbonyl (C=O) groups excluding carboxylic acids is 3. The van der Waals surface area contributed by atoms with Gasteiger partial charge in [0.1, 0.15) is 25.1 Å². The molecule has 0 aliphatic carbocycles. The van der Waals surface area contributed by atoms with Gasteiger partial charge in [0.05, 0.1) is 13.2 Å². The van der Waals surface area contributed by atoms with Crippen molar-refractivity contribution in [3.05, 3.63) is 55.1 Å². The second kappa shape index (κ2) is 16.4. The van der Waals surface area contributed by atoms with Crippen LogP contribution >= 0.6 is 0 Å². The van der Waals surface area contributed by atoms with Crippen molar-refractivity contribution in [2.24, 2.45) is 0 Å². The summed E-state index contributed by atoms with van der Waals surface area (Å²) < 4.78 is 20.2. The van der Waals surface area contributed by atoms with Gasteiger partial charge >= 0.3 is 18.0 Å². The molecule has 0 saturated carbocycles. The number of hydrogen-bond acceptors (Lipinski definition) is 8. The monoisotopic (exact) mass is 449 g/mol. The number of alkyl carbamates (subject to hydrolysis) is 1. The number of ether oxygens (including phenoxy) is 4. The van der Waals surface area contributed by atoms with Gasteiger partial charge in [0.2, 0.25) is 0 Å².